The first-order valence-electron chi connectivity index (χ1n) is 6.66. The number of rotatable bonds is 3. The number of oxazole rings is 1. The first kappa shape index (κ1) is 12.0. The first-order valence-corrected chi connectivity index (χ1v) is 7.10. The van der Waals surface area contributed by atoms with Gasteiger partial charge in [-0.05, 0) is 30.4 Å². The van der Waals surface area contributed by atoms with Crippen LogP contribution in [0.5, 0.6) is 0 Å². The fraction of sp³-hybridized carbons (Fsp3) is 0.533. The highest BCUT2D eigenvalue weighted by Crippen LogP contribution is 2.44. The van der Waals surface area contributed by atoms with Crippen LogP contribution in [0, 0.1) is 5.41 Å². The maximum atomic E-state index is 6.59. The molecule has 0 amide bonds. The number of hydrogen-bond acceptors (Lipinski definition) is 2. The van der Waals surface area contributed by atoms with Crippen molar-refractivity contribution in [3.63, 3.8) is 0 Å². The Bertz CT molecular complexity index is 509. The summed E-state index contributed by atoms with van der Waals surface area (Å²) in [7, 11) is 0. The number of hydrogen-bond donors (Lipinski definition) is 0. The molecule has 1 aliphatic rings. The minimum absolute atomic E-state index is 0.119. The summed E-state index contributed by atoms with van der Waals surface area (Å²) < 4.78 is 5.75. The number of alkyl halides is 1. The van der Waals surface area contributed by atoms with E-state index in [2.05, 4.69) is 11.9 Å². The molecule has 96 valence electrons. The van der Waals surface area contributed by atoms with Gasteiger partial charge in [-0.1, -0.05) is 31.9 Å². The normalized spacial score (nSPS) is 20.3. The zero-order valence-electron chi connectivity index (χ0n) is 10.7. The second-order valence-corrected chi connectivity index (χ2v) is 6.13. The van der Waals surface area contributed by atoms with Crippen LogP contribution in [0.2, 0.25) is 0 Å². The maximum absolute atomic E-state index is 6.59. The van der Waals surface area contributed by atoms with Crippen LogP contribution in [0.1, 0.15) is 38.5 Å². The second kappa shape index (κ2) is 4.58. The highest BCUT2D eigenvalue weighted by atomic mass is 35.5. The van der Waals surface area contributed by atoms with E-state index >= 15 is 0 Å². The van der Waals surface area contributed by atoms with E-state index < -0.39 is 0 Å². The number of benzene rings is 1. The number of halogens is 1. The van der Waals surface area contributed by atoms with Crippen LogP contribution in [-0.2, 0) is 6.42 Å². The number of para-hydroxylation sites is 2. The zero-order valence-corrected chi connectivity index (χ0v) is 11.4. The lowest BCUT2D eigenvalue weighted by atomic mass is 9.83. The monoisotopic (exact) mass is 263 g/mol. The van der Waals surface area contributed by atoms with Gasteiger partial charge in [0, 0.05) is 11.8 Å². The van der Waals surface area contributed by atoms with E-state index in [0.29, 0.717) is 0 Å². The largest absolute Gasteiger partial charge is 0.441 e. The molecular weight excluding hydrogens is 246 g/mol. The molecule has 1 aromatic carbocycles. The summed E-state index contributed by atoms with van der Waals surface area (Å²) in [5, 5.41) is 0.119. The quantitative estimate of drug-likeness (QED) is 0.759. The maximum Gasteiger partial charge on any atom is 0.196 e. The molecule has 2 aromatic rings. The van der Waals surface area contributed by atoms with Crippen molar-refractivity contribution in [1.29, 1.82) is 0 Å². The smallest absolute Gasteiger partial charge is 0.196 e. The van der Waals surface area contributed by atoms with Gasteiger partial charge in [0.1, 0.15) is 5.52 Å². The third kappa shape index (κ3) is 2.14. The van der Waals surface area contributed by atoms with Gasteiger partial charge in [0.25, 0.3) is 0 Å². The average Bonchev–Trinajstić information content (AvgIpc) is 2.95. The molecule has 0 spiro atoms. The van der Waals surface area contributed by atoms with Crippen LogP contribution in [-0.4, -0.2) is 10.4 Å². The minimum Gasteiger partial charge on any atom is -0.441 e. The Morgan fingerprint density at radius 1 is 1.33 bits per heavy atom. The summed E-state index contributed by atoms with van der Waals surface area (Å²) in [6.07, 6.45) is 5.77. The third-order valence-corrected chi connectivity index (χ3v) is 4.88. The highest BCUT2D eigenvalue weighted by Gasteiger charge is 2.36. The van der Waals surface area contributed by atoms with E-state index in [0.717, 1.165) is 23.4 Å². The number of fused-ring (bicyclic) bond motifs is 1. The van der Waals surface area contributed by atoms with Gasteiger partial charge in [-0.3, -0.25) is 0 Å². The summed E-state index contributed by atoms with van der Waals surface area (Å²) in [5.74, 6) is 0.768. The molecule has 0 N–H and O–H groups in total. The third-order valence-electron chi connectivity index (χ3n) is 4.19. The van der Waals surface area contributed by atoms with Crippen molar-refractivity contribution >= 4 is 22.7 Å². The Labute approximate surface area is 112 Å². The van der Waals surface area contributed by atoms with Crippen molar-refractivity contribution in [3.05, 3.63) is 30.2 Å². The summed E-state index contributed by atoms with van der Waals surface area (Å²) in [5.41, 5.74) is 2.03. The summed E-state index contributed by atoms with van der Waals surface area (Å²) >= 11 is 6.59. The molecule has 0 bridgehead atoms. The summed E-state index contributed by atoms with van der Waals surface area (Å²) in [6, 6.07) is 7.87. The standard InChI is InChI=1S/C15H18ClNO/c1-15(8-4-5-9-15)13(16)10-14-17-11-6-2-3-7-12(11)18-14/h2-3,6-7,13H,4-5,8-10H2,1H3. The van der Waals surface area contributed by atoms with Gasteiger partial charge in [-0.15, -0.1) is 11.6 Å². The Kier molecular flexibility index (Phi) is 3.06. The zero-order chi connectivity index (χ0) is 12.6. The van der Waals surface area contributed by atoms with Gasteiger partial charge in [-0.2, -0.15) is 0 Å². The second-order valence-electron chi connectivity index (χ2n) is 5.61. The van der Waals surface area contributed by atoms with E-state index in [1.54, 1.807) is 0 Å². The summed E-state index contributed by atoms with van der Waals surface area (Å²) in [6.45, 7) is 2.29. The van der Waals surface area contributed by atoms with E-state index in [-0.39, 0.29) is 10.8 Å². The number of aromatic nitrogens is 1. The van der Waals surface area contributed by atoms with Crippen molar-refractivity contribution in [3.8, 4) is 0 Å². The fourth-order valence-electron chi connectivity index (χ4n) is 2.90. The van der Waals surface area contributed by atoms with Gasteiger partial charge in [0.2, 0.25) is 0 Å². The van der Waals surface area contributed by atoms with Crippen LogP contribution in [0.15, 0.2) is 28.7 Å². The van der Waals surface area contributed by atoms with Gasteiger partial charge in [0.05, 0.1) is 0 Å². The van der Waals surface area contributed by atoms with E-state index in [1.807, 2.05) is 24.3 Å². The lowest BCUT2D eigenvalue weighted by Gasteiger charge is -2.28. The van der Waals surface area contributed by atoms with Crippen LogP contribution in [0.3, 0.4) is 0 Å². The molecule has 2 nitrogen and oxygen atoms in total. The molecule has 0 saturated heterocycles. The van der Waals surface area contributed by atoms with E-state index in [4.69, 9.17) is 16.0 Å². The van der Waals surface area contributed by atoms with Crippen molar-refractivity contribution in [2.45, 2.75) is 44.4 Å². The first-order chi connectivity index (χ1) is 8.67. The molecule has 1 saturated carbocycles. The van der Waals surface area contributed by atoms with Crippen LogP contribution in [0.4, 0.5) is 0 Å². The van der Waals surface area contributed by atoms with Crippen LogP contribution >= 0.6 is 11.6 Å². The summed E-state index contributed by atoms with van der Waals surface area (Å²) in [4.78, 5) is 4.50. The van der Waals surface area contributed by atoms with Crippen molar-refractivity contribution in [2.75, 3.05) is 0 Å². The van der Waals surface area contributed by atoms with E-state index in [1.165, 1.54) is 25.7 Å². The van der Waals surface area contributed by atoms with E-state index in [9.17, 15) is 0 Å². The molecular formula is C15H18ClNO. The molecule has 0 aliphatic heterocycles. The lowest BCUT2D eigenvalue weighted by molar-refractivity contribution is 0.305. The van der Waals surface area contributed by atoms with Crippen LogP contribution in [0.25, 0.3) is 11.1 Å². The topological polar surface area (TPSA) is 26.0 Å². The Morgan fingerprint density at radius 3 is 2.78 bits per heavy atom. The SMILES string of the molecule is CC1(C(Cl)Cc2nc3ccccc3o2)CCCC1. The highest BCUT2D eigenvalue weighted by molar-refractivity contribution is 6.21. The van der Waals surface area contributed by atoms with Gasteiger partial charge >= 0.3 is 0 Å². The van der Waals surface area contributed by atoms with Crippen molar-refractivity contribution < 1.29 is 4.42 Å². The van der Waals surface area contributed by atoms with Crippen molar-refractivity contribution in [2.24, 2.45) is 5.41 Å². The predicted molar refractivity (Wildman–Crippen MR) is 73.9 cm³/mol. The number of nitrogens with zero attached hydrogens (tertiary/aromatic N) is 1. The molecule has 1 fully saturated rings. The predicted octanol–water partition coefficient (Wildman–Crippen LogP) is 4.56. The molecule has 18 heavy (non-hydrogen) atoms. The Morgan fingerprint density at radius 2 is 2.06 bits per heavy atom. The minimum atomic E-state index is 0.119. The molecule has 1 aliphatic carbocycles. The average molecular weight is 264 g/mol. The van der Waals surface area contributed by atoms with Crippen LogP contribution < -0.4 is 0 Å². The molecule has 0 radical (unpaired) electrons. The molecule has 3 heteroatoms. The molecule has 1 atom stereocenters. The van der Waals surface area contributed by atoms with Crippen molar-refractivity contribution in [1.82, 2.24) is 4.98 Å². The molecule has 1 aromatic heterocycles. The fourth-order valence-corrected chi connectivity index (χ4v) is 3.25. The molecule has 1 unspecified atom stereocenters. The van der Waals surface area contributed by atoms with Gasteiger partial charge in [-0.25, -0.2) is 4.98 Å². The van der Waals surface area contributed by atoms with Gasteiger partial charge in [0.15, 0.2) is 11.5 Å². The molecule has 1 heterocycles. The Hall–Kier alpha value is -1.02. The molecule has 3 rings (SSSR count). The Balaban J connectivity index is 1.79. The lowest BCUT2D eigenvalue weighted by Crippen LogP contribution is -2.26. The van der Waals surface area contributed by atoms with Gasteiger partial charge < -0.3 is 4.42 Å².